The minimum absolute atomic E-state index is 0.0384. The molecule has 1 fully saturated rings. The fourth-order valence-electron chi connectivity index (χ4n) is 3.41. The van der Waals surface area contributed by atoms with Gasteiger partial charge >= 0.3 is 21.7 Å². The van der Waals surface area contributed by atoms with E-state index < -0.39 is 58.4 Å². The van der Waals surface area contributed by atoms with Gasteiger partial charge in [0.2, 0.25) is 11.9 Å². The van der Waals surface area contributed by atoms with Gasteiger partial charge in [0.25, 0.3) is 5.56 Å². The number of H-pyrrole nitrogens is 1. The summed E-state index contributed by atoms with van der Waals surface area (Å²) in [5, 5.41) is 15.8. The predicted molar refractivity (Wildman–Crippen MR) is 131 cm³/mol. The number of imidazole rings is 1. The minimum Gasteiger partial charge on any atom is -0.440 e. The molecule has 23 heteroatoms. The van der Waals surface area contributed by atoms with E-state index in [9.17, 15) is 33.5 Å². The molecule has 0 aromatic carbocycles. The highest BCUT2D eigenvalue weighted by Crippen LogP contribution is 2.57. The zero-order valence-electron chi connectivity index (χ0n) is 19.6. The van der Waals surface area contributed by atoms with E-state index in [1.54, 1.807) is 0 Å². The largest absolute Gasteiger partial charge is 0.481 e. The van der Waals surface area contributed by atoms with E-state index in [4.69, 9.17) is 25.0 Å². The summed E-state index contributed by atoms with van der Waals surface area (Å²) in [4.78, 5) is 73.1. The molecular weight excluding hydrogens is 592 g/mol. The molecule has 0 spiro atoms. The Morgan fingerprint density at radius 1 is 1.26 bits per heavy atom. The Morgan fingerprint density at radius 2 is 1.95 bits per heavy atom. The van der Waals surface area contributed by atoms with Crippen molar-refractivity contribution in [2.45, 2.75) is 31.0 Å². The number of hydrogen-bond acceptors (Lipinski definition) is 14. The third kappa shape index (κ3) is 8.45. The molecule has 9 N–H and O–H groups in total. The van der Waals surface area contributed by atoms with Crippen molar-refractivity contribution in [3.05, 3.63) is 16.7 Å². The number of thiol groups is 1. The maximum Gasteiger partial charge on any atom is 0.481 e. The van der Waals surface area contributed by atoms with Crippen LogP contribution in [0.25, 0.3) is 11.2 Å². The van der Waals surface area contributed by atoms with Crippen LogP contribution in [-0.2, 0) is 32.2 Å². The van der Waals surface area contributed by atoms with Gasteiger partial charge in [0, 0.05) is 19.5 Å². The highest BCUT2D eigenvalue weighted by molar-refractivity contribution is 7.80. The number of fused-ring (bicyclic) bond motifs is 1. The van der Waals surface area contributed by atoms with E-state index in [1.165, 1.54) is 0 Å². The number of aromatic nitrogens is 4. The number of aliphatic hydroxyl groups excluding tert-OH is 1. The van der Waals surface area contributed by atoms with Gasteiger partial charge in [0.05, 0.1) is 12.9 Å². The smallest absolute Gasteiger partial charge is 0.440 e. The van der Waals surface area contributed by atoms with Gasteiger partial charge in [-0.15, -0.1) is 0 Å². The molecule has 2 aromatic heterocycles. The van der Waals surface area contributed by atoms with Crippen molar-refractivity contribution in [1.29, 1.82) is 0 Å². The third-order valence-electron chi connectivity index (χ3n) is 4.94. The number of nitrogens with two attached hydrogens (primary N) is 1. The first kappa shape index (κ1) is 31.0. The van der Waals surface area contributed by atoms with Crippen molar-refractivity contribution in [3.63, 3.8) is 0 Å². The number of nitrogens with one attached hydrogen (secondary N) is 3. The number of amides is 2. The first-order valence-electron chi connectivity index (χ1n) is 10.8. The van der Waals surface area contributed by atoms with Crippen molar-refractivity contribution in [2.75, 3.05) is 31.2 Å². The Balaban J connectivity index is 1.77. The Hall–Kier alpha value is -2.58. The molecule has 1 aliphatic rings. The summed E-state index contributed by atoms with van der Waals surface area (Å²) in [6.07, 6.45) is -6.18. The van der Waals surface area contributed by atoms with E-state index in [0.717, 1.165) is 10.9 Å². The van der Waals surface area contributed by atoms with Gasteiger partial charge in [-0.3, -0.25) is 23.7 Å². The lowest BCUT2D eigenvalue weighted by atomic mass is 10.1. The number of alkyl carbamates (subject to hydrolysis) is 1. The first-order chi connectivity index (χ1) is 18.2. The molecule has 2 amide bonds. The second-order valence-electron chi connectivity index (χ2n) is 7.79. The maximum atomic E-state index is 12.4. The number of carbonyl (C=O) groups is 2. The summed E-state index contributed by atoms with van der Waals surface area (Å²) in [6, 6.07) is 0. The number of ether oxygens (including phenoxy) is 2. The van der Waals surface area contributed by atoms with Crippen molar-refractivity contribution in [3.8, 4) is 0 Å². The maximum absolute atomic E-state index is 12.4. The van der Waals surface area contributed by atoms with Gasteiger partial charge in [-0.2, -0.15) is 21.9 Å². The van der Waals surface area contributed by atoms with Crippen LogP contribution in [0.2, 0.25) is 0 Å². The molecule has 0 bridgehead atoms. The predicted octanol–water partition coefficient (Wildman–Crippen LogP) is -2.28. The zero-order valence-corrected chi connectivity index (χ0v) is 22.3. The molecule has 0 aliphatic carbocycles. The highest BCUT2D eigenvalue weighted by atomic mass is 32.1. The highest BCUT2D eigenvalue weighted by Gasteiger charge is 2.49. The molecule has 0 radical (unpaired) electrons. The Kier molecular flexibility index (Phi) is 10.1. The number of hydrogen-bond donors (Lipinski definition) is 9. The van der Waals surface area contributed by atoms with Crippen LogP contribution in [0.4, 0.5) is 10.7 Å². The summed E-state index contributed by atoms with van der Waals surface area (Å²) in [6.45, 7) is -1.01. The van der Waals surface area contributed by atoms with Gasteiger partial charge in [0.15, 0.2) is 23.5 Å². The van der Waals surface area contributed by atoms with E-state index in [1.807, 2.05) is 0 Å². The van der Waals surface area contributed by atoms with E-state index in [-0.39, 0.29) is 42.5 Å². The second-order valence-corrected chi connectivity index (χ2v) is 11.1. The average Bonchev–Trinajstić information content (AvgIpc) is 3.35. The summed E-state index contributed by atoms with van der Waals surface area (Å²) in [7, 11) is -10.8. The number of rotatable bonds is 12. The van der Waals surface area contributed by atoms with Crippen molar-refractivity contribution in [2.24, 2.45) is 0 Å². The van der Waals surface area contributed by atoms with Crippen LogP contribution in [0.1, 0.15) is 12.6 Å². The Bertz CT molecular complexity index is 1350. The fraction of sp³-hybridized carbons (Fsp3) is 0.562. The van der Waals surface area contributed by atoms with Crippen LogP contribution < -0.4 is 21.9 Å². The first-order valence-corrected chi connectivity index (χ1v) is 14.5. The third-order valence-corrected chi connectivity index (χ3v) is 7.32. The van der Waals surface area contributed by atoms with Crippen molar-refractivity contribution < 1.29 is 56.8 Å². The van der Waals surface area contributed by atoms with Crippen molar-refractivity contribution >= 4 is 57.4 Å². The second kappa shape index (κ2) is 12.7. The standard InChI is InChI=1S/C16H25N7O13P2S/c17-15-21-12-9(13(26)22-15)20-6-23(12)14-10(25)11(35-16(27)19-3-2-18-8(24)1-4-39)7(34-14)5-33-38(31,32)36-37(28,29)30/h6-7,10-11,14,25,39H,1-5H2,(H,18,24)(H,19,27)(H,31,32)(H2,28,29,30)(H3,17,21,22,26)/t7-,10-,11-,14-/m1/s1. The van der Waals surface area contributed by atoms with E-state index in [0.29, 0.717) is 5.75 Å². The summed E-state index contributed by atoms with van der Waals surface area (Å²) in [5.74, 6) is -0.258. The number of anilines is 1. The molecule has 3 heterocycles. The molecule has 1 saturated heterocycles. The van der Waals surface area contributed by atoms with Crippen LogP contribution in [0.5, 0.6) is 0 Å². The number of nitrogen functional groups attached to an aromatic ring is 1. The minimum atomic E-state index is -5.44. The van der Waals surface area contributed by atoms with Gasteiger partial charge in [-0.25, -0.2) is 18.9 Å². The number of phosphoric acid groups is 2. The average molecular weight is 617 g/mol. The van der Waals surface area contributed by atoms with Crippen LogP contribution in [-0.4, -0.2) is 95.1 Å². The number of nitrogens with zero attached hydrogens (tertiary/aromatic N) is 3. The molecule has 1 unspecified atom stereocenters. The number of phosphoric ester groups is 1. The van der Waals surface area contributed by atoms with Crippen LogP contribution in [0.15, 0.2) is 11.1 Å². The van der Waals surface area contributed by atoms with Crippen LogP contribution in [0, 0.1) is 0 Å². The molecule has 20 nitrogen and oxygen atoms in total. The van der Waals surface area contributed by atoms with Gasteiger partial charge < -0.3 is 45.6 Å². The SMILES string of the molecule is Nc1nc2c(ncn2[C@@H]2O[C@H](COP(=O)(O)OP(=O)(O)O)[C@@H](OC(=O)NCCNC(=O)CCS)[C@H]2O)c(=O)[nH]1. The molecule has 1 aliphatic heterocycles. The molecule has 3 rings (SSSR count). The number of carbonyl (C=O) groups excluding carboxylic acids is 2. The number of aliphatic hydroxyl groups is 1. The molecular formula is C16H25N7O13P2S. The summed E-state index contributed by atoms with van der Waals surface area (Å²) >= 11 is 3.92. The normalized spacial score (nSPS) is 22.9. The Morgan fingerprint density at radius 3 is 2.62 bits per heavy atom. The monoisotopic (exact) mass is 617 g/mol. The molecule has 2 aromatic rings. The summed E-state index contributed by atoms with van der Waals surface area (Å²) < 4.78 is 43.0. The lowest BCUT2D eigenvalue weighted by Crippen LogP contribution is -2.42. The van der Waals surface area contributed by atoms with Crippen molar-refractivity contribution in [1.82, 2.24) is 30.2 Å². The summed E-state index contributed by atoms with van der Waals surface area (Å²) in [5.41, 5.74) is 4.57. The topological polar surface area (TPSA) is 300 Å². The number of aromatic amines is 1. The van der Waals surface area contributed by atoms with E-state index in [2.05, 4.69) is 47.0 Å². The molecule has 5 atom stereocenters. The zero-order chi connectivity index (χ0) is 29.0. The fourth-order valence-corrected chi connectivity index (χ4v) is 5.21. The van der Waals surface area contributed by atoms with Crippen LogP contribution in [0.3, 0.4) is 0 Å². The van der Waals surface area contributed by atoms with Crippen LogP contribution >= 0.6 is 28.3 Å². The molecule has 0 saturated carbocycles. The lowest BCUT2D eigenvalue weighted by Gasteiger charge is -2.21. The molecule has 218 valence electrons. The molecule has 39 heavy (non-hydrogen) atoms. The quantitative estimate of drug-likeness (QED) is 0.0688. The lowest BCUT2D eigenvalue weighted by molar-refractivity contribution is -0.120. The van der Waals surface area contributed by atoms with Gasteiger partial charge in [-0.1, -0.05) is 0 Å². The van der Waals surface area contributed by atoms with Gasteiger partial charge in [0.1, 0.15) is 12.2 Å². The Labute approximate surface area is 223 Å². The van der Waals surface area contributed by atoms with Gasteiger partial charge in [-0.05, 0) is 5.75 Å². The van der Waals surface area contributed by atoms with E-state index >= 15 is 0 Å².